The number of aldehydes is 1. The lowest BCUT2D eigenvalue weighted by molar-refractivity contribution is -0.344. The number of hydrogen-bond acceptors (Lipinski definition) is 17. The van der Waals surface area contributed by atoms with E-state index in [1.165, 1.54) is 14.0 Å². The fraction of sp³-hybridized carbons (Fsp3) is 0.756. The third-order valence-electron chi connectivity index (χ3n) is 11.9. The van der Waals surface area contributed by atoms with Crippen molar-refractivity contribution in [2.75, 3.05) is 21.2 Å². The van der Waals surface area contributed by atoms with Crippen LogP contribution < -0.4 is 0 Å². The van der Waals surface area contributed by atoms with Crippen LogP contribution in [0.4, 0.5) is 0 Å². The van der Waals surface area contributed by atoms with Crippen LogP contribution in [0.2, 0.25) is 0 Å². The Morgan fingerprint density at radius 2 is 1.73 bits per heavy atom. The molecule has 0 aliphatic carbocycles. The lowest BCUT2D eigenvalue weighted by atomic mass is 9.80. The molecule has 17 heteroatoms. The van der Waals surface area contributed by atoms with Gasteiger partial charge in [0, 0.05) is 39.7 Å². The average molecular weight is 877 g/mol. The summed E-state index contributed by atoms with van der Waals surface area (Å²) in [6.07, 6.45) is -11.9. The summed E-state index contributed by atoms with van der Waals surface area (Å²) in [6, 6.07) is 6.34. The van der Waals surface area contributed by atoms with E-state index in [1.807, 2.05) is 13.8 Å². The van der Waals surface area contributed by atoms with Gasteiger partial charge in [0.15, 0.2) is 18.7 Å². The fourth-order valence-electron chi connectivity index (χ4n) is 9.09. The smallest absolute Gasteiger partial charge is 0.309 e. The van der Waals surface area contributed by atoms with Gasteiger partial charge in [0.05, 0.1) is 48.5 Å². The van der Waals surface area contributed by atoms with Gasteiger partial charge in [0.2, 0.25) is 0 Å². The van der Waals surface area contributed by atoms with E-state index in [1.54, 1.807) is 71.8 Å². The summed E-state index contributed by atoms with van der Waals surface area (Å²) in [4.78, 5) is 52.5. The van der Waals surface area contributed by atoms with Crippen molar-refractivity contribution < 1.29 is 72.4 Å². The van der Waals surface area contributed by atoms with Crippen LogP contribution in [0.3, 0.4) is 0 Å². The fourth-order valence-corrected chi connectivity index (χ4v) is 9.09. The molecule has 2 saturated heterocycles. The van der Waals surface area contributed by atoms with Gasteiger partial charge in [-0.2, -0.15) is 5.26 Å². The SMILES string of the molecule is CO[C@@H]1[C@@H](O[C@@H]2O[C@H](C)[C@@H](O[C@H]3C[C@@](C)(O)[C@@H](OC(=O)CC(C)C)[C@H](C)O3)[C@H](N(C)C)[C@H]2O)[C@@H](C)C[C@@H](CC=O)[C@@H](O)c2ccc(cc2C#N)C[C@@H](C)OC(=O)C[C@H]1OC(C)=O. The lowest BCUT2D eigenvalue weighted by Gasteiger charge is -2.50. The highest BCUT2D eigenvalue weighted by Crippen LogP contribution is 2.39. The van der Waals surface area contributed by atoms with E-state index >= 15 is 0 Å². The Morgan fingerprint density at radius 1 is 1.03 bits per heavy atom. The van der Waals surface area contributed by atoms with Crippen molar-refractivity contribution in [2.45, 2.75) is 179 Å². The molecule has 1 aromatic carbocycles. The molecule has 0 aromatic heterocycles. The van der Waals surface area contributed by atoms with Crippen LogP contribution in [0.1, 0.15) is 110 Å². The lowest BCUT2D eigenvalue weighted by Crippen LogP contribution is -2.66. The standard InChI is InChI=1S/C45H68N2O15/c1-23(2)16-34(50)60-43-27(6)57-36(21-45(43,8)54)61-41-26(5)58-44(39(53)37(41)47(9)10)62-40-24(3)17-30(14-15-48)38(52)32-13-12-29(19-31(32)22-46)18-25(4)56-35(51)20-33(42(40)55-11)59-28(7)49/h12-13,15,19,23-27,30,33,36-44,52-54H,14,16-18,20-21H2,1-11H3/t24-,25+,26+,27-,30+,33+,36-,37+,38+,39+,40-,41+,42-,43-,44-,45+/m0/s1. The Morgan fingerprint density at radius 3 is 2.31 bits per heavy atom. The van der Waals surface area contributed by atoms with Crippen molar-refractivity contribution in [3.8, 4) is 6.07 Å². The number of nitriles is 1. The topological polar surface area (TPSA) is 230 Å². The maximum Gasteiger partial charge on any atom is 0.309 e. The first kappa shape index (κ1) is 51.1. The highest BCUT2D eigenvalue weighted by atomic mass is 16.7. The number of benzene rings is 1. The largest absolute Gasteiger partial charge is 0.462 e. The van der Waals surface area contributed by atoms with Gasteiger partial charge in [0.1, 0.15) is 42.4 Å². The minimum absolute atomic E-state index is 0.0575. The van der Waals surface area contributed by atoms with Crippen LogP contribution in [0, 0.1) is 29.1 Å². The zero-order chi connectivity index (χ0) is 46.2. The van der Waals surface area contributed by atoms with Gasteiger partial charge >= 0.3 is 17.9 Å². The molecule has 1 aromatic rings. The second-order valence-electron chi connectivity index (χ2n) is 18.1. The highest BCUT2D eigenvalue weighted by molar-refractivity contribution is 5.72. The van der Waals surface area contributed by atoms with Crippen LogP contribution in [-0.2, 0) is 63.5 Å². The summed E-state index contributed by atoms with van der Waals surface area (Å²) in [6.45, 7) is 13.4. The summed E-state index contributed by atoms with van der Waals surface area (Å²) in [7, 11) is 4.85. The summed E-state index contributed by atoms with van der Waals surface area (Å²) in [5.41, 5.74) is -0.290. The molecule has 3 N–H and O–H groups in total. The summed E-state index contributed by atoms with van der Waals surface area (Å²) in [5, 5.41) is 45.5. The molecule has 2 fully saturated rings. The van der Waals surface area contributed by atoms with E-state index in [0.717, 1.165) is 0 Å². The van der Waals surface area contributed by atoms with Gasteiger partial charge < -0.3 is 62.9 Å². The predicted octanol–water partition coefficient (Wildman–Crippen LogP) is 3.30. The van der Waals surface area contributed by atoms with E-state index in [-0.39, 0.29) is 43.6 Å². The number of nitrogens with zero attached hydrogens (tertiary/aromatic N) is 2. The molecule has 0 radical (unpaired) electrons. The third kappa shape index (κ3) is 13.0. The van der Waals surface area contributed by atoms with Crippen LogP contribution >= 0.6 is 0 Å². The Balaban J connectivity index is 1.68. The summed E-state index contributed by atoms with van der Waals surface area (Å²) >= 11 is 0. The van der Waals surface area contributed by atoms with Crippen molar-refractivity contribution in [3.05, 3.63) is 34.9 Å². The van der Waals surface area contributed by atoms with Gasteiger partial charge in [-0.1, -0.05) is 32.9 Å². The first-order valence-corrected chi connectivity index (χ1v) is 21.5. The Labute approximate surface area is 365 Å². The quantitative estimate of drug-likeness (QED) is 0.155. The zero-order valence-electron chi connectivity index (χ0n) is 37.9. The normalized spacial score (nSPS) is 37.3. The molecule has 348 valence electrons. The molecule has 0 spiro atoms. The molecule has 4 aliphatic heterocycles. The molecular weight excluding hydrogens is 808 g/mol. The summed E-state index contributed by atoms with van der Waals surface area (Å²) in [5.74, 6) is -3.16. The van der Waals surface area contributed by atoms with E-state index in [4.69, 9.17) is 37.9 Å². The molecule has 4 aliphatic rings. The molecule has 5 rings (SSSR count). The van der Waals surface area contributed by atoms with Crippen LogP contribution in [0.5, 0.6) is 0 Å². The Hall–Kier alpha value is -3.57. The van der Waals surface area contributed by atoms with Crippen molar-refractivity contribution >= 4 is 24.2 Å². The maximum absolute atomic E-state index is 13.5. The number of carbonyl (C=O) groups is 4. The molecule has 16 atom stereocenters. The van der Waals surface area contributed by atoms with E-state index in [0.29, 0.717) is 17.4 Å². The van der Waals surface area contributed by atoms with Gasteiger partial charge in [-0.15, -0.1) is 0 Å². The number of fused-ring (bicyclic) bond motifs is 13. The number of esters is 3. The summed E-state index contributed by atoms with van der Waals surface area (Å²) < 4.78 is 48.9. The molecular formula is C45H68N2O15. The van der Waals surface area contributed by atoms with Gasteiger partial charge in [-0.25, -0.2) is 0 Å². The van der Waals surface area contributed by atoms with Crippen molar-refractivity contribution in [1.29, 1.82) is 5.26 Å². The van der Waals surface area contributed by atoms with Crippen molar-refractivity contribution in [1.82, 2.24) is 4.90 Å². The van der Waals surface area contributed by atoms with Gasteiger partial charge in [0.25, 0.3) is 0 Å². The number of rotatable bonds is 12. The van der Waals surface area contributed by atoms with Gasteiger partial charge in [-0.05, 0) is 83.2 Å². The third-order valence-corrected chi connectivity index (χ3v) is 11.9. The van der Waals surface area contributed by atoms with E-state index < -0.39 is 121 Å². The van der Waals surface area contributed by atoms with Crippen molar-refractivity contribution in [2.24, 2.45) is 17.8 Å². The number of aliphatic hydroxyl groups is 3. The Kier molecular flexibility index (Phi) is 18.4. The molecule has 0 unspecified atom stereocenters. The minimum atomic E-state index is -1.51. The number of hydrogen-bond donors (Lipinski definition) is 3. The molecule has 0 amide bonds. The minimum Gasteiger partial charge on any atom is -0.462 e. The van der Waals surface area contributed by atoms with Crippen LogP contribution in [0.15, 0.2) is 18.2 Å². The van der Waals surface area contributed by atoms with Crippen LogP contribution in [0.25, 0.3) is 0 Å². The number of likely N-dealkylation sites (N-methyl/N-ethyl adjacent to an activating group) is 1. The Bertz CT molecular complexity index is 1720. The van der Waals surface area contributed by atoms with Gasteiger partial charge in [-0.3, -0.25) is 14.4 Å². The number of methoxy groups -OCH3 is 1. The number of ether oxygens (including phenoxy) is 8. The zero-order valence-corrected chi connectivity index (χ0v) is 37.9. The molecule has 0 saturated carbocycles. The highest BCUT2D eigenvalue weighted by Gasteiger charge is 2.53. The first-order valence-electron chi connectivity index (χ1n) is 21.5. The average Bonchev–Trinajstić information content (AvgIpc) is 3.16. The molecule has 62 heavy (non-hydrogen) atoms. The number of aliphatic hydroxyl groups excluding tert-OH is 2. The monoisotopic (exact) mass is 876 g/mol. The van der Waals surface area contributed by atoms with Crippen molar-refractivity contribution in [3.63, 3.8) is 0 Å². The van der Waals surface area contributed by atoms with E-state index in [9.17, 15) is 39.8 Å². The molecule has 2 bridgehead atoms. The number of carbonyl (C=O) groups excluding carboxylic acids is 4. The molecule has 17 nitrogen and oxygen atoms in total. The van der Waals surface area contributed by atoms with Crippen LogP contribution in [-0.4, -0.2) is 145 Å². The second kappa shape index (κ2) is 22.4. The predicted molar refractivity (Wildman–Crippen MR) is 221 cm³/mol. The second-order valence-corrected chi connectivity index (χ2v) is 18.1. The van der Waals surface area contributed by atoms with E-state index in [2.05, 4.69) is 6.07 Å². The first-order chi connectivity index (χ1) is 29.1. The molecule has 4 heterocycles. The maximum atomic E-state index is 13.5.